The lowest BCUT2D eigenvalue weighted by atomic mass is 10.2. The lowest BCUT2D eigenvalue weighted by Crippen LogP contribution is -2.09. The standard InChI is InChI=1S/C16H19ClN4O4/c1-4-7-21-14(18-19-20-21)10-25-15(22)6-5-11-8-12(17)16(24-3)13(9-11)23-2/h5-6,8-9H,4,7,10H2,1-3H3/b6-5+. The van der Waals surface area contributed by atoms with Gasteiger partial charge in [-0.05, 0) is 40.6 Å². The summed E-state index contributed by atoms with van der Waals surface area (Å²) in [4.78, 5) is 11.9. The van der Waals surface area contributed by atoms with Crippen LogP contribution in [0.5, 0.6) is 11.5 Å². The first-order chi connectivity index (χ1) is 12.1. The van der Waals surface area contributed by atoms with Gasteiger partial charge in [0.2, 0.25) is 0 Å². The van der Waals surface area contributed by atoms with Gasteiger partial charge in [0.1, 0.15) is 0 Å². The van der Waals surface area contributed by atoms with Crippen molar-refractivity contribution < 1.29 is 19.0 Å². The molecule has 0 saturated heterocycles. The van der Waals surface area contributed by atoms with Gasteiger partial charge in [0.15, 0.2) is 23.9 Å². The molecule has 0 atom stereocenters. The van der Waals surface area contributed by atoms with E-state index in [1.807, 2.05) is 6.92 Å². The van der Waals surface area contributed by atoms with Crippen LogP contribution in [0, 0.1) is 0 Å². The van der Waals surface area contributed by atoms with Gasteiger partial charge in [0, 0.05) is 12.6 Å². The van der Waals surface area contributed by atoms with E-state index in [0.29, 0.717) is 34.5 Å². The Morgan fingerprint density at radius 1 is 1.32 bits per heavy atom. The van der Waals surface area contributed by atoms with Crippen molar-refractivity contribution in [3.63, 3.8) is 0 Å². The number of rotatable bonds is 8. The first-order valence-electron chi connectivity index (χ1n) is 7.60. The van der Waals surface area contributed by atoms with Crippen LogP contribution in [0.3, 0.4) is 0 Å². The molecule has 2 aromatic rings. The minimum atomic E-state index is -0.517. The summed E-state index contributed by atoms with van der Waals surface area (Å²) in [5.41, 5.74) is 0.676. The molecule has 0 spiro atoms. The molecular formula is C16H19ClN4O4. The predicted octanol–water partition coefficient (Wildman–Crippen LogP) is 2.51. The Morgan fingerprint density at radius 3 is 2.80 bits per heavy atom. The number of hydrogen-bond acceptors (Lipinski definition) is 7. The highest BCUT2D eigenvalue weighted by atomic mass is 35.5. The lowest BCUT2D eigenvalue weighted by Gasteiger charge is -2.10. The minimum Gasteiger partial charge on any atom is -0.493 e. The maximum atomic E-state index is 11.9. The van der Waals surface area contributed by atoms with Crippen LogP contribution in [0.15, 0.2) is 18.2 Å². The summed E-state index contributed by atoms with van der Waals surface area (Å²) >= 11 is 6.12. The number of aromatic nitrogens is 4. The van der Waals surface area contributed by atoms with E-state index in [1.54, 1.807) is 22.9 Å². The molecule has 8 nitrogen and oxygen atoms in total. The Labute approximate surface area is 150 Å². The topological polar surface area (TPSA) is 88.4 Å². The fourth-order valence-corrected chi connectivity index (χ4v) is 2.39. The van der Waals surface area contributed by atoms with Gasteiger partial charge in [-0.1, -0.05) is 18.5 Å². The van der Waals surface area contributed by atoms with Crippen molar-refractivity contribution in [3.05, 3.63) is 34.6 Å². The third kappa shape index (κ3) is 4.93. The molecule has 1 aromatic carbocycles. The van der Waals surface area contributed by atoms with Gasteiger partial charge in [0.05, 0.1) is 19.2 Å². The van der Waals surface area contributed by atoms with Crippen LogP contribution < -0.4 is 9.47 Å². The summed E-state index contributed by atoms with van der Waals surface area (Å²) in [7, 11) is 3.01. The van der Waals surface area contributed by atoms with Crippen molar-refractivity contribution in [1.82, 2.24) is 20.2 Å². The summed E-state index contributed by atoms with van der Waals surface area (Å²) in [5.74, 6) is 0.892. The van der Waals surface area contributed by atoms with Gasteiger partial charge in [-0.3, -0.25) is 0 Å². The Kier molecular flexibility index (Phi) is 6.76. The van der Waals surface area contributed by atoms with Crippen LogP contribution >= 0.6 is 11.6 Å². The van der Waals surface area contributed by atoms with Crippen LogP contribution in [0.2, 0.25) is 5.02 Å². The average molecular weight is 367 g/mol. The normalized spacial score (nSPS) is 10.9. The van der Waals surface area contributed by atoms with Crippen LogP contribution in [-0.4, -0.2) is 40.4 Å². The van der Waals surface area contributed by atoms with Crippen LogP contribution in [-0.2, 0) is 22.7 Å². The molecule has 0 aliphatic heterocycles. The second kappa shape index (κ2) is 9.03. The molecule has 0 saturated carbocycles. The molecule has 0 fully saturated rings. The monoisotopic (exact) mass is 366 g/mol. The zero-order valence-electron chi connectivity index (χ0n) is 14.2. The second-order valence-corrected chi connectivity index (χ2v) is 5.40. The number of halogens is 1. The summed E-state index contributed by atoms with van der Waals surface area (Å²) in [5, 5.41) is 11.6. The van der Waals surface area contributed by atoms with Gasteiger partial charge in [0.25, 0.3) is 0 Å². The van der Waals surface area contributed by atoms with Gasteiger partial charge in [-0.15, -0.1) is 5.10 Å². The molecule has 0 radical (unpaired) electrons. The quantitative estimate of drug-likeness (QED) is 0.523. The average Bonchev–Trinajstić information content (AvgIpc) is 3.05. The highest BCUT2D eigenvalue weighted by molar-refractivity contribution is 6.32. The molecule has 2 rings (SSSR count). The smallest absolute Gasteiger partial charge is 0.331 e. The number of esters is 1. The maximum Gasteiger partial charge on any atom is 0.331 e. The summed E-state index contributed by atoms with van der Waals surface area (Å²) < 4.78 is 17.1. The number of ether oxygens (including phenoxy) is 3. The summed E-state index contributed by atoms with van der Waals surface area (Å²) in [6.45, 7) is 2.68. The van der Waals surface area contributed by atoms with E-state index < -0.39 is 5.97 Å². The fraction of sp³-hybridized carbons (Fsp3) is 0.375. The van der Waals surface area contributed by atoms with Crippen molar-refractivity contribution in [1.29, 1.82) is 0 Å². The molecule has 0 aliphatic rings. The van der Waals surface area contributed by atoms with Crippen molar-refractivity contribution in [2.45, 2.75) is 26.5 Å². The molecule has 134 valence electrons. The van der Waals surface area contributed by atoms with Gasteiger partial charge < -0.3 is 14.2 Å². The van der Waals surface area contributed by atoms with Crippen LogP contribution in [0.4, 0.5) is 0 Å². The third-order valence-corrected chi connectivity index (χ3v) is 3.53. The summed E-state index contributed by atoms with van der Waals surface area (Å²) in [6.07, 6.45) is 3.75. The van der Waals surface area contributed by atoms with E-state index >= 15 is 0 Å². The molecule has 9 heteroatoms. The minimum absolute atomic E-state index is 0.00284. The molecule has 0 bridgehead atoms. The molecule has 0 aliphatic carbocycles. The number of tetrazole rings is 1. The number of hydrogen-bond donors (Lipinski definition) is 0. The lowest BCUT2D eigenvalue weighted by molar-refractivity contribution is -0.139. The first-order valence-corrected chi connectivity index (χ1v) is 7.98. The molecule has 25 heavy (non-hydrogen) atoms. The van der Waals surface area contributed by atoms with Crippen molar-refractivity contribution >= 4 is 23.6 Å². The SMILES string of the molecule is CCCn1nnnc1COC(=O)/C=C/c1cc(Cl)c(OC)c(OC)c1. The summed E-state index contributed by atoms with van der Waals surface area (Å²) in [6, 6.07) is 3.37. The number of nitrogens with zero attached hydrogens (tertiary/aromatic N) is 4. The molecule has 0 N–H and O–H groups in total. The highest BCUT2D eigenvalue weighted by Gasteiger charge is 2.10. The third-order valence-electron chi connectivity index (χ3n) is 3.25. The van der Waals surface area contributed by atoms with Gasteiger partial charge >= 0.3 is 5.97 Å². The van der Waals surface area contributed by atoms with Gasteiger partial charge in [-0.2, -0.15) is 0 Å². The maximum absolute atomic E-state index is 11.9. The zero-order valence-corrected chi connectivity index (χ0v) is 15.0. The van der Waals surface area contributed by atoms with E-state index in [0.717, 1.165) is 6.42 Å². The van der Waals surface area contributed by atoms with Crippen LogP contribution in [0.25, 0.3) is 6.08 Å². The molecule has 0 amide bonds. The van der Waals surface area contributed by atoms with E-state index in [2.05, 4.69) is 15.5 Å². The molecule has 1 aromatic heterocycles. The number of benzene rings is 1. The molecular weight excluding hydrogens is 348 g/mol. The Morgan fingerprint density at radius 2 is 2.12 bits per heavy atom. The second-order valence-electron chi connectivity index (χ2n) is 5.00. The highest BCUT2D eigenvalue weighted by Crippen LogP contribution is 2.36. The fourth-order valence-electron chi connectivity index (χ4n) is 2.09. The van der Waals surface area contributed by atoms with Gasteiger partial charge in [-0.25, -0.2) is 9.48 Å². The van der Waals surface area contributed by atoms with E-state index in [1.165, 1.54) is 20.3 Å². The Balaban J connectivity index is 2.00. The molecule has 1 heterocycles. The number of carbonyl (C=O) groups excluding carboxylic acids is 1. The van der Waals surface area contributed by atoms with E-state index in [9.17, 15) is 4.79 Å². The number of carbonyl (C=O) groups is 1. The van der Waals surface area contributed by atoms with Crippen LogP contribution in [0.1, 0.15) is 24.7 Å². The first kappa shape index (κ1) is 18.7. The van der Waals surface area contributed by atoms with Crippen molar-refractivity contribution in [3.8, 4) is 11.5 Å². The number of methoxy groups -OCH3 is 2. The van der Waals surface area contributed by atoms with E-state index in [4.69, 9.17) is 25.8 Å². The van der Waals surface area contributed by atoms with Crippen molar-refractivity contribution in [2.24, 2.45) is 0 Å². The Bertz CT molecular complexity index is 761. The largest absolute Gasteiger partial charge is 0.493 e. The molecule has 0 unspecified atom stereocenters. The predicted molar refractivity (Wildman–Crippen MR) is 91.5 cm³/mol. The zero-order chi connectivity index (χ0) is 18.2. The number of aryl methyl sites for hydroxylation is 1. The Hall–Kier alpha value is -2.61. The van der Waals surface area contributed by atoms with Crippen molar-refractivity contribution in [2.75, 3.05) is 14.2 Å². The van der Waals surface area contributed by atoms with E-state index in [-0.39, 0.29) is 6.61 Å².